The van der Waals surface area contributed by atoms with Crippen LogP contribution in [0.2, 0.25) is 0 Å². The van der Waals surface area contributed by atoms with Crippen LogP contribution < -0.4 is 0 Å². The summed E-state index contributed by atoms with van der Waals surface area (Å²) in [5, 5.41) is -0.492. The Kier molecular flexibility index (Phi) is 2.36. The van der Waals surface area contributed by atoms with E-state index >= 15 is 0 Å². The first-order valence-electron chi connectivity index (χ1n) is 6.76. The van der Waals surface area contributed by atoms with Crippen LogP contribution in [0.4, 0.5) is 0 Å². The molecule has 18 heavy (non-hydrogen) atoms. The first-order chi connectivity index (χ1) is 8.16. The summed E-state index contributed by atoms with van der Waals surface area (Å²) in [5.41, 5.74) is -0.930. The molecule has 0 aromatic rings. The predicted octanol–water partition coefficient (Wildman–Crippen LogP) is 1.94. The fourth-order valence-electron chi connectivity index (χ4n) is 4.85. The molecule has 2 bridgehead atoms. The largest absolute Gasteiger partial charge is 0.370 e. The van der Waals surface area contributed by atoms with E-state index in [1.165, 1.54) is 0 Å². The first-order valence-corrected chi connectivity index (χ1v) is 8.23. The van der Waals surface area contributed by atoms with Gasteiger partial charge in [-0.05, 0) is 18.8 Å². The zero-order chi connectivity index (χ0) is 13.5. The minimum absolute atomic E-state index is 0.00905. The smallest absolute Gasteiger partial charge is 0.274 e. The highest BCUT2D eigenvalue weighted by atomic mass is 32.2. The molecule has 0 aromatic heterocycles. The van der Waals surface area contributed by atoms with Crippen molar-refractivity contribution in [2.75, 3.05) is 0 Å². The van der Waals surface area contributed by atoms with Crippen molar-refractivity contribution < 1.29 is 17.3 Å². The molecule has 0 spiro atoms. The Bertz CT molecular complexity index is 473. The van der Waals surface area contributed by atoms with Gasteiger partial charge in [-0.2, -0.15) is 8.42 Å². The number of rotatable bonds is 2. The van der Waals surface area contributed by atoms with Gasteiger partial charge in [-0.25, -0.2) is 0 Å². The normalized spacial score (nSPS) is 47.4. The van der Waals surface area contributed by atoms with Crippen molar-refractivity contribution in [1.29, 1.82) is 0 Å². The van der Waals surface area contributed by atoms with Crippen LogP contribution in [0.1, 0.15) is 41.0 Å². The van der Waals surface area contributed by atoms with Crippen LogP contribution in [-0.4, -0.2) is 31.5 Å². The Balaban J connectivity index is 2.21. The van der Waals surface area contributed by atoms with Gasteiger partial charge in [-0.3, -0.25) is 4.18 Å². The van der Waals surface area contributed by atoms with Crippen molar-refractivity contribution >= 4 is 10.1 Å². The molecule has 104 valence electrons. The van der Waals surface area contributed by atoms with E-state index in [2.05, 4.69) is 27.7 Å². The van der Waals surface area contributed by atoms with Crippen molar-refractivity contribution in [2.45, 2.75) is 64.1 Å². The molecule has 3 heterocycles. The lowest BCUT2D eigenvalue weighted by Gasteiger charge is -2.45. The molecule has 0 radical (unpaired) electrons. The summed E-state index contributed by atoms with van der Waals surface area (Å²) < 4.78 is 36.3. The summed E-state index contributed by atoms with van der Waals surface area (Å²) in [4.78, 5) is 0. The van der Waals surface area contributed by atoms with Gasteiger partial charge in [-0.1, -0.05) is 27.7 Å². The Morgan fingerprint density at radius 2 is 1.72 bits per heavy atom. The summed E-state index contributed by atoms with van der Waals surface area (Å²) in [6.45, 7) is 10.3. The molecule has 4 unspecified atom stereocenters. The molecular formula is C13H22O4S. The van der Waals surface area contributed by atoms with E-state index in [1.807, 2.05) is 6.92 Å². The third kappa shape index (κ3) is 1.17. The van der Waals surface area contributed by atoms with Crippen LogP contribution in [0.5, 0.6) is 0 Å². The van der Waals surface area contributed by atoms with E-state index < -0.39 is 21.0 Å². The molecule has 0 amide bonds. The Hall–Kier alpha value is -0.130. The topological polar surface area (TPSA) is 52.6 Å². The fraction of sp³-hybridized carbons (Fsp3) is 1.00. The van der Waals surface area contributed by atoms with Crippen LogP contribution in [0.15, 0.2) is 0 Å². The first kappa shape index (κ1) is 12.9. The molecule has 4 nitrogen and oxygen atoms in total. The van der Waals surface area contributed by atoms with Crippen LogP contribution in [0, 0.1) is 17.3 Å². The van der Waals surface area contributed by atoms with E-state index in [0.717, 1.165) is 0 Å². The lowest BCUT2D eigenvalue weighted by atomic mass is 9.58. The Morgan fingerprint density at radius 3 is 2.22 bits per heavy atom. The van der Waals surface area contributed by atoms with Gasteiger partial charge >= 0.3 is 0 Å². The molecule has 3 aliphatic heterocycles. The van der Waals surface area contributed by atoms with E-state index in [4.69, 9.17) is 8.92 Å². The quantitative estimate of drug-likeness (QED) is 0.722. The second kappa shape index (κ2) is 3.30. The highest BCUT2D eigenvalue weighted by Crippen LogP contribution is 2.65. The molecule has 3 rings (SSSR count). The molecule has 0 aliphatic carbocycles. The zero-order valence-electron chi connectivity index (χ0n) is 11.6. The number of fused-ring (bicyclic) bond motifs is 1. The molecule has 4 atom stereocenters. The van der Waals surface area contributed by atoms with Crippen molar-refractivity contribution in [1.82, 2.24) is 0 Å². The van der Waals surface area contributed by atoms with Gasteiger partial charge in [0.2, 0.25) is 0 Å². The SMILES string of the molecule is CC(C)C1(C(C)C)C2CC3(C)OS(=O)(=O)C1C3O2. The molecule has 3 saturated heterocycles. The van der Waals surface area contributed by atoms with Gasteiger partial charge in [0.05, 0.1) is 6.10 Å². The maximum absolute atomic E-state index is 12.4. The number of hydrogen-bond donors (Lipinski definition) is 0. The predicted molar refractivity (Wildman–Crippen MR) is 67.6 cm³/mol. The maximum atomic E-state index is 12.4. The van der Waals surface area contributed by atoms with E-state index in [1.54, 1.807) is 0 Å². The molecule has 0 saturated carbocycles. The number of ether oxygens (including phenoxy) is 1. The third-order valence-electron chi connectivity index (χ3n) is 5.45. The van der Waals surface area contributed by atoms with E-state index in [-0.39, 0.29) is 29.5 Å². The van der Waals surface area contributed by atoms with Crippen molar-refractivity contribution in [3.8, 4) is 0 Å². The summed E-state index contributed by atoms with van der Waals surface area (Å²) in [7, 11) is -3.51. The Morgan fingerprint density at radius 1 is 1.17 bits per heavy atom. The molecule has 0 aromatic carbocycles. The van der Waals surface area contributed by atoms with Gasteiger partial charge in [0.15, 0.2) is 0 Å². The number of hydrogen-bond acceptors (Lipinski definition) is 4. The highest BCUT2D eigenvalue weighted by molar-refractivity contribution is 7.87. The van der Waals surface area contributed by atoms with E-state index in [9.17, 15) is 8.42 Å². The lowest BCUT2D eigenvalue weighted by Crippen LogP contribution is -2.55. The minimum Gasteiger partial charge on any atom is -0.370 e. The van der Waals surface area contributed by atoms with Gasteiger partial charge in [0.1, 0.15) is 17.0 Å². The van der Waals surface area contributed by atoms with Gasteiger partial charge in [0, 0.05) is 11.8 Å². The monoisotopic (exact) mass is 274 g/mol. The van der Waals surface area contributed by atoms with Crippen LogP contribution >= 0.6 is 0 Å². The van der Waals surface area contributed by atoms with Crippen LogP contribution in [0.25, 0.3) is 0 Å². The lowest BCUT2D eigenvalue weighted by molar-refractivity contribution is 0.00605. The second-order valence-electron chi connectivity index (χ2n) is 6.87. The van der Waals surface area contributed by atoms with Crippen LogP contribution in [-0.2, 0) is 19.0 Å². The fourth-order valence-corrected chi connectivity index (χ4v) is 7.50. The molecule has 5 heteroatoms. The average Bonchev–Trinajstić information content (AvgIpc) is 2.70. The Labute approximate surface area is 109 Å². The summed E-state index contributed by atoms with van der Waals surface area (Å²) in [5.74, 6) is 0.525. The van der Waals surface area contributed by atoms with Crippen LogP contribution in [0.3, 0.4) is 0 Å². The van der Waals surface area contributed by atoms with Gasteiger partial charge in [0.25, 0.3) is 10.1 Å². The molecule has 0 N–H and O–H groups in total. The van der Waals surface area contributed by atoms with Crippen molar-refractivity contribution in [3.63, 3.8) is 0 Å². The molecule has 3 aliphatic rings. The maximum Gasteiger partial charge on any atom is 0.274 e. The van der Waals surface area contributed by atoms with Crippen molar-refractivity contribution in [3.05, 3.63) is 0 Å². The van der Waals surface area contributed by atoms with Crippen molar-refractivity contribution in [2.24, 2.45) is 17.3 Å². The van der Waals surface area contributed by atoms with Gasteiger partial charge < -0.3 is 4.74 Å². The van der Waals surface area contributed by atoms with Gasteiger partial charge in [-0.15, -0.1) is 0 Å². The summed E-state index contributed by atoms with van der Waals surface area (Å²) in [6.07, 6.45) is 0.427. The standard InChI is InChI=1S/C13H22O4S/c1-7(2)13(8(3)4)9-6-12(5)10(16-9)11(13)18(14,15)17-12/h7-11H,6H2,1-5H3. The molecule has 3 fully saturated rings. The highest BCUT2D eigenvalue weighted by Gasteiger charge is 2.78. The molecular weight excluding hydrogens is 252 g/mol. The third-order valence-corrected chi connectivity index (χ3v) is 7.34. The summed E-state index contributed by atoms with van der Waals surface area (Å²) >= 11 is 0. The second-order valence-corrected chi connectivity index (χ2v) is 8.53. The summed E-state index contributed by atoms with van der Waals surface area (Å²) in [6, 6.07) is 0. The zero-order valence-corrected chi connectivity index (χ0v) is 12.5. The minimum atomic E-state index is -3.51. The van der Waals surface area contributed by atoms with E-state index in [0.29, 0.717) is 6.42 Å². The average molecular weight is 274 g/mol.